The number of pyridine rings is 3. The first-order valence-corrected chi connectivity index (χ1v) is 31.1. The van der Waals surface area contributed by atoms with Gasteiger partial charge in [0.2, 0.25) is 0 Å². The van der Waals surface area contributed by atoms with Crippen LogP contribution in [0.25, 0.3) is 0 Å². The summed E-state index contributed by atoms with van der Waals surface area (Å²) >= 11 is 48.6. The number of rotatable bonds is 13. The Labute approximate surface area is 574 Å². The molecular weight excluding hydrogens is 1380 g/mol. The monoisotopic (exact) mass is 1430 g/mol. The smallest absolute Gasteiger partial charge is 0.261 e. The Bertz CT molecular complexity index is 4070. The van der Waals surface area contributed by atoms with Crippen molar-refractivity contribution in [2.75, 3.05) is 52.5 Å². The number of aliphatic hydroxyl groups is 4. The third-order valence-electron chi connectivity index (χ3n) is 15.7. The van der Waals surface area contributed by atoms with Crippen molar-refractivity contribution >= 4 is 168 Å². The standard InChI is InChI=1S/C20H18Cl2N2O4.3C15H10Cl2N2O3/c21-14-5-6-15(22)18-17(14)20(27,19(26)23-18)11-16(25)12-1-3-13(4-2-12)24-7-9-28-10-8-24;16-9-1-2-10(17)13-12(9)15(22,14(21)19-13)7-11(20)8-3-5-18-6-4-8;16-9-3-4-10(17)13-12(9)15(22,14(21)19-13)6-11(20)8-2-1-5-18-7-8;16-8-4-5-9(17)13-12(8)15(22,14(21)19-13)7-11(20)10-3-1-2-6-18-10/h1-6,27H,7-11H2,(H,23,26);1-6,22H,7H2,(H,19,21);1-5,7,22H,6H2,(H,19,21);1-6,22H,7H2,(H,19,21)/t20-;3*15-/m0000/s1. The van der Waals surface area contributed by atoms with E-state index in [0.29, 0.717) is 29.9 Å². The molecule has 5 aromatic carbocycles. The highest BCUT2D eigenvalue weighted by atomic mass is 35.5. The second kappa shape index (κ2) is 28.2. The van der Waals surface area contributed by atoms with Gasteiger partial charge < -0.3 is 51.3 Å². The second-order valence-corrected chi connectivity index (χ2v) is 24.9. The number of hydrogen-bond acceptors (Lipinski definition) is 17. The molecule has 0 radical (unpaired) electrons. The van der Waals surface area contributed by atoms with Gasteiger partial charge >= 0.3 is 0 Å². The Kier molecular flexibility index (Phi) is 20.6. The summed E-state index contributed by atoms with van der Waals surface area (Å²) in [6.07, 6.45) is 5.51. The Morgan fingerprint density at radius 1 is 0.404 bits per heavy atom. The SMILES string of the molecule is O=C(C[C@@]1(O)C(=O)Nc2c(Cl)ccc(Cl)c21)c1ccc(N2CCOCC2)cc1.O=C(C[C@@]1(O)C(=O)Nc2c(Cl)ccc(Cl)c21)c1ccccn1.O=C(C[C@@]1(O)C(=O)Nc2c(Cl)ccc(Cl)c21)c1cccnc1.O=C(C[C@@]1(O)C(=O)Nc2c(Cl)ccc(Cl)c21)c1ccncc1. The van der Waals surface area contributed by atoms with E-state index >= 15 is 0 Å². The third-order valence-corrected chi connectivity index (χ3v) is 18.2. The minimum atomic E-state index is -2.06. The fraction of sp³-hybridized carbons (Fsp3) is 0.185. The molecule has 8 N–H and O–H groups in total. The zero-order valence-electron chi connectivity index (χ0n) is 48.3. The van der Waals surface area contributed by atoms with E-state index in [1.54, 1.807) is 36.4 Å². The fourth-order valence-electron chi connectivity index (χ4n) is 10.9. The van der Waals surface area contributed by atoms with Gasteiger partial charge in [-0.2, -0.15) is 0 Å². The van der Waals surface area contributed by atoms with E-state index in [1.807, 2.05) is 12.1 Å². The molecule has 5 aliphatic rings. The van der Waals surface area contributed by atoms with Crippen molar-refractivity contribution in [3.8, 4) is 0 Å². The lowest BCUT2D eigenvalue weighted by Gasteiger charge is -2.29. The topological polar surface area (TPSA) is 317 Å². The van der Waals surface area contributed by atoms with E-state index in [-0.39, 0.29) is 96.7 Å². The van der Waals surface area contributed by atoms with Crippen LogP contribution in [0.4, 0.5) is 28.4 Å². The van der Waals surface area contributed by atoms with Crippen molar-refractivity contribution in [3.63, 3.8) is 0 Å². The summed E-state index contributed by atoms with van der Waals surface area (Å²) in [5.41, 5.74) is -4.52. The number of carbonyl (C=O) groups excluding carboxylic acids is 8. The van der Waals surface area contributed by atoms with Crippen molar-refractivity contribution in [1.82, 2.24) is 15.0 Å². The molecule has 13 rings (SSSR count). The largest absolute Gasteiger partial charge is 0.378 e. The van der Waals surface area contributed by atoms with Gasteiger partial charge in [-0.1, -0.05) is 98.9 Å². The van der Waals surface area contributed by atoms with Crippen LogP contribution in [0.2, 0.25) is 40.2 Å². The third kappa shape index (κ3) is 13.6. The molecule has 8 aromatic rings. The number of nitrogens with one attached hydrogen (secondary N) is 4. The average molecular weight is 1430 g/mol. The van der Waals surface area contributed by atoms with Crippen LogP contribution < -0.4 is 26.2 Å². The van der Waals surface area contributed by atoms with Crippen LogP contribution in [0.5, 0.6) is 0 Å². The molecule has 0 spiro atoms. The molecule has 0 aliphatic carbocycles. The number of Topliss-reactive ketones (excluding diaryl/α,β-unsaturated/α-hetero) is 4. The van der Waals surface area contributed by atoms with E-state index in [2.05, 4.69) is 41.1 Å². The van der Waals surface area contributed by atoms with Gasteiger partial charge in [0, 0.05) is 109 Å². The number of nitrogens with zero attached hydrogens (tertiary/aromatic N) is 4. The average Bonchev–Trinajstić information content (AvgIpc) is 1.61. The molecule has 4 amide bonds. The molecular formula is C65H48Cl8N8O13. The Balaban J connectivity index is 0.000000138. The molecule has 3 aromatic heterocycles. The lowest BCUT2D eigenvalue weighted by molar-refractivity contribution is -0.133. The molecule has 4 atom stereocenters. The first-order chi connectivity index (χ1) is 44.7. The minimum Gasteiger partial charge on any atom is -0.378 e. The number of carbonyl (C=O) groups is 8. The van der Waals surface area contributed by atoms with Gasteiger partial charge in [-0.05, 0) is 109 Å². The van der Waals surface area contributed by atoms with Crippen molar-refractivity contribution in [2.24, 2.45) is 0 Å². The lowest BCUT2D eigenvalue weighted by atomic mass is 9.88. The summed E-state index contributed by atoms with van der Waals surface area (Å²) in [4.78, 5) is 112. The molecule has 0 unspecified atom stereocenters. The number of benzene rings is 5. The van der Waals surface area contributed by atoms with Gasteiger partial charge in [0.1, 0.15) is 5.69 Å². The van der Waals surface area contributed by atoms with Crippen molar-refractivity contribution < 1.29 is 63.5 Å². The van der Waals surface area contributed by atoms with Gasteiger partial charge in [-0.25, -0.2) is 0 Å². The summed E-state index contributed by atoms with van der Waals surface area (Å²) < 4.78 is 5.34. The van der Waals surface area contributed by atoms with Gasteiger partial charge in [-0.3, -0.25) is 53.3 Å². The van der Waals surface area contributed by atoms with Gasteiger partial charge in [0.15, 0.2) is 45.5 Å². The zero-order valence-corrected chi connectivity index (χ0v) is 54.3. The van der Waals surface area contributed by atoms with Crippen molar-refractivity contribution in [1.29, 1.82) is 0 Å². The predicted octanol–water partition coefficient (Wildman–Crippen LogP) is 11.6. The number of fused-ring (bicyclic) bond motifs is 4. The van der Waals surface area contributed by atoms with E-state index in [9.17, 15) is 58.8 Å². The van der Waals surface area contributed by atoms with E-state index in [0.717, 1.165) is 18.8 Å². The fourth-order valence-corrected chi connectivity index (χ4v) is 13.0. The van der Waals surface area contributed by atoms with Crippen LogP contribution in [0.3, 0.4) is 0 Å². The number of hydrogen-bond donors (Lipinski definition) is 8. The first kappa shape index (κ1) is 68.9. The molecule has 94 heavy (non-hydrogen) atoms. The molecule has 482 valence electrons. The number of anilines is 5. The van der Waals surface area contributed by atoms with E-state index in [1.165, 1.54) is 97.7 Å². The maximum atomic E-state index is 12.8. The van der Waals surface area contributed by atoms with Crippen LogP contribution in [-0.2, 0) is 46.3 Å². The summed E-state index contributed by atoms with van der Waals surface area (Å²) in [7, 11) is 0. The number of amides is 4. The van der Waals surface area contributed by atoms with E-state index in [4.69, 9.17) is 97.5 Å². The molecule has 8 heterocycles. The number of ketones is 4. The highest BCUT2D eigenvalue weighted by Gasteiger charge is 2.53. The number of morpholine rings is 1. The highest BCUT2D eigenvalue weighted by molar-refractivity contribution is 6.41. The summed E-state index contributed by atoms with van der Waals surface area (Å²) in [5.74, 6) is -4.55. The minimum absolute atomic E-state index is 0.121. The summed E-state index contributed by atoms with van der Waals surface area (Å²) in [6.45, 7) is 2.93. The molecule has 0 bridgehead atoms. The first-order valence-electron chi connectivity index (χ1n) is 28.1. The van der Waals surface area contributed by atoms with Crippen LogP contribution in [0.15, 0.2) is 146 Å². The Morgan fingerprint density at radius 2 is 0.766 bits per heavy atom. The second-order valence-electron chi connectivity index (χ2n) is 21.6. The van der Waals surface area contributed by atoms with Crippen molar-refractivity contribution in [3.05, 3.63) is 231 Å². The summed E-state index contributed by atoms with van der Waals surface area (Å²) in [6, 6.07) is 30.1. The number of ether oxygens (including phenoxy) is 1. The number of aromatic nitrogens is 3. The van der Waals surface area contributed by atoms with Crippen molar-refractivity contribution in [2.45, 2.75) is 48.1 Å². The maximum absolute atomic E-state index is 12.8. The molecule has 21 nitrogen and oxygen atoms in total. The van der Waals surface area contributed by atoms with Gasteiger partial charge in [0.05, 0.1) is 81.7 Å². The molecule has 29 heteroatoms. The zero-order chi connectivity index (χ0) is 67.6. The normalized spacial score (nSPS) is 20.2. The number of halogens is 8. The van der Waals surface area contributed by atoms with Gasteiger partial charge in [-0.15, -0.1) is 0 Å². The van der Waals surface area contributed by atoms with Crippen LogP contribution >= 0.6 is 92.8 Å². The van der Waals surface area contributed by atoms with Crippen LogP contribution in [0.1, 0.15) is 89.5 Å². The Hall–Kier alpha value is -7.97. The van der Waals surface area contributed by atoms with Crippen LogP contribution in [0, 0.1) is 0 Å². The molecule has 1 saturated heterocycles. The molecule has 1 fully saturated rings. The van der Waals surface area contributed by atoms with E-state index < -0.39 is 89.1 Å². The summed E-state index contributed by atoms with van der Waals surface area (Å²) in [5, 5.41) is 54.9. The molecule has 0 saturated carbocycles. The quantitative estimate of drug-likeness (QED) is 0.0497. The Morgan fingerprint density at radius 3 is 1.13 bits per heavy atom. The maximum Gasteiger partial charge on any atom is 0.261 e. The highest BCUT2D eigenvalue weighted by Crippen LogP contribution is 2.50. The predicted molar refractivity (Wildman–Crippen MR) is 354 cm³/mol. The lowest BCUT2D eigenvalue weighted by Crippen LogP contribution is -2.37. The van der Waals surface area contributed by atoms with Gasteiger partial charge in [0.25, 0.3) is 23.6 Å². The molecule has 5 aliphatic heterocycles. The van der Waals surface area contributed by atoms with Crippen LogP contribution in [-0.4, -0.2) is 108 Å².